The number of benzene rings is 1. The number of nitrogens with one attached hydrogen (secondary N) is 2. The van der Waals surface area contributed by atoms with Crippen LogP contribution in [0.25, 0.3) is 10.9 Å². The van der Waals surface area contributed by atoms with E-state index in [1.165, 1.54) is 5.56 Å². The van der Waals surface area contributed by atoms with Gasteiger partial charge in [-0.15, -0.1) is 0 Å². The Morgan fingerprint density at radius 3 is 3.24 bits per heavy atom. The predicted octanol–water partition coefficient (Wildman–Crippen LogP) is 1.42. The van der Waals surface area contributed by atoms with Crippen LogP contribution >= 0.6 is 0 Å². The summed E-state index contributed by atoms with van der Waals surface area (Å²) in [5.74, 6) is 0.551. The number of anilines is 1. The van der Waals surface area contributed by atoms with Crippen molar-refractivity contribution in [2.24, 2.45) is 7.05 Å². The van der Waals surface area contributed by atoms with Crippen LogP contribution in [0.4, 0.5) is 5.82 Å². The first-order valence-electron chi connectivity index (χ1n) is 8.63. The highest BCUT2D eigenvalue weighted by Crippen LogP contribution is 2.16. The first kappa shape index (κ1) is 15.8. The molecular formula is C18H22N6O. The zero-order valence-electron chi connectivity index (χ0n) is 14.3. The molecule has 2 aromatic heterocycles. The van der Waals surface area contributed by atoms with E-state index in [0.29, 0.717) is 11.9 Å². The minimum atomic E-state index is -0.0344. The molecule has 1 aliphatic rings. The van der Waals surface area contributed by atoms with Crippen LogP contribution in [0.1, 0.15) is 18.4 Å². The molecule has 1 aromatic carbocycles. The number of hydrogen-bond donors (Lipinski definition) is 2. The summed E-state index contributed by atoms with van der Waals surface area (Å²) in [5, 5.41) is 11.8. The lowest BCUT2D eigenvalue weighted by Crippen LogP contribution is -2.47. The standard InChI is InChI=1S/C18H22N6O/c1-23-8-6-19-17(18(23)25)24-7-2-3-15(12-24)20-10-13-4-5-14-11-21-22-16(14)9-13/h4-6,8-9,11,15,20H,2-3,7,10,12H2,1H3,(H,21,22)/t15-/m1/s1. The van der Waals surface area contributed by atoms with E-state index in [-0.39, 0.29) is 5.56 Å². The van der Waals surface area contributed by atoms with Gasteiger partial charge in [-0.05, 0) is 24.5 Å². The van der Waals surface area contributed by atoms with Crippen molar-refractivity contribution < 1.29 is 0 Å². The highest BCUT2D eigenvalue weighted by Gasteiger charge is 2.22. The van der Waals surface area contributed by atoms with Gasteiger partial charge in [-0.25, -0.2) is 4.98 Å². The van der Waals surface area contributed by atoms with E-state index in [1.807, 2.05) is 6.20 Å². The number of fused-ring (bicyclic) bond motifs is 1. The average Bonchev–Trinajstić information content (AvgIpc) is 3.10. The second-order valence-corrected chi connectivity index (χ2v) is 6.62. The van der Waals surface area contributed by atoms with Crippen LogP contribution in [0.2, 0.25) is 0 Å². The maximum absolute atomic E-state index is 12.3. The van der Waals surface area contributed by atoms with Crippen molar-refractivity contribution in [2.75, 3.05) is 18.0 Å². The molecule has 0 unspecified atom stereocenters. The van der Waals surface area contributed by atoms with E-state index in [1.54, 1.807) is 24.0 Å². The van der Waals surface area contributed by atoms with E-state index < -0.39 is 0 Å². The molecule has 0 bridgehead atoms. The van der Waals surface area contributed by atoms with Crippen LogP contribution in [0, 0.1) is 0 Å². The SMILES string of the molecule is Cn1ccnc(N2CCC[C@@H](NCc3ccc4cn[nH]c4c3)C2)c1=O. The Morgan fingerprint density at radius 1 is 1.40 bits per heavy atom. The number of H-pyrrole nitrogens is 1. The third-order valence-electron chi connectivity index (χ3n) is 4.82. The fourth-order valence-electron chi connectivity index (χ4n) is 3.39. The number of aryl methyl sites for hydroxylation is 1. The van der Waals surface area contributed by atoms with Gasteiger partial charge in [0.15, 0.2) is 5.82 Å². The summed E-state index contributed by atoms with van der Waals surface area (Å²) < 4.78 is 1.58. The normalized spacial score (nSPS) is 18.0. The molecule has 1 aliphatic heterocycles. The Hall–Kier alpha value is -2.67. The summed E-state index contributed by atoms with van der Waals surface area (Å²) in [4.78, 5) is 18.7. The van der Waals surface area contributed by atoms with Crippen molar-refractivity contribution in [3.05, 3.63) is 52.7 Å². The second-order valence-electron chi connectivity index (χ2n) is 6.62. The Bertz CT molecular complexity index is 930. The molecule has 7 heteroatoms. The van der Waals surface area contributed by atoms with Gasteiger partial charge in [0.1, 0.15) is 0 Å². The summed E-state index contributed by atoms with van der Waals surface area (Å²) in [5.41, 5.74) is 2.25. The summed E-state index contributed by atoms with van der Waals surface area (Å²) in [7, 11) is 1.76. The largest absolute Gasteiger partial charge is 0.350 e. The first-order valence-corrected chi connectivity index (χ1v) is 8.63. The molecule has 1 saturated heterocycles. The number of rotatable bonds is 4. The first-order chi connectivity index (χ1) is 12.2. The Morgan fingerprint density at radius 2 is 2.32 bits per heavy atom. The van der Waals surface area contributed by atoms with Gasteiger partial charge in [0, 0.05) is 50.5 Å². The van der Waals surface area contributed by atoms with Crippen molar-refractivity contribution in [2.45, 2.75) is 25.4 Å². The number of aromatic nitrogens is 4. The van der Waals surface area contributed by atoms with Crippen molar-refractivity contribution in [3.8, 4) is 0 Å². The molecule has 0 amide bonds. The third-order valence-corrected chi connectivity index (χ3v) is 4.82. The van der Waals surface area contributed by atoms with Gasteiger partial charge in [-0.1, -0.05) is 12.1 Å². The molecular weight excluding hydrogens is 316 g/mol. The fraction of sp³-hybridized carbons (Fsp3) is 0.389. The topological polar surface area (TPSA) is 78.8 Å². The third kappa shape index (κ3) is 3.28. The molecule has 1 fully saturated rings. The van der Waals surface area contributed by atoms with Crippen molar-refractivity contribution in [3.63, 3.8) is 0 Å². The van der Waals surface area contributed by atoms with E-state index >= 15 is 0 Å². The molecule has 7 nitrogen and oxygen atoms in total. The van der Waals surface area contributed by atoms with Gasteiger partial charge < -0.3 is 14.8 Å². The number of piperidine rings is 1. The number of nitrogens with zero attached hydrogens (tertiary/aromatic N) is 4. The Kier molecular flexibility index (Phi) is 4.23. The van der Waals surface area contributed by atoms with Crippen LogP contribution in [0.15, 0.2) is 41.6 Å². The van der Waals surface area contributed by atoms with Gasteiger partial charge in [-0.2, -0.15) is 5.10 Å². The molecule has 0 saturated carbocycles. The Labute approximate surface area is 145 Å². The van der Waals surface area contributed by atoms with Crippen LogP contribution in [-0.4, -0.2) is 38.9 Å². The van der Waals surface area contributed by atoms with Gasteiger partial charge >= 0.3 is 0 Å². The van der Waals surface area contributed by atoms with E-state index in [4.69, 9.17) is 0 Å². The van der Waals surface area contributed by atoms with E-state index in [9.17, 15) is 4.79 Å². The molecule has 0 aliphatic carbocycles. The monoisotopic (exact) mass is 338 g/mol. The van der Waals surface area contributed by atoms with Crippen molar-refractivity contribution in [1.29, 1.82) is 0 Å². The lowest BCUT2D eigenvalue weighted by molar-refractivity contribution is 0.419. The van der Waals surface area contributed by atoms with Crippen LogP contribution in [0.3, 0.4) is 0 Å². The van der Waals surface area contributed by atoms with Crippen LogP contribution in [-0.2, 0) is 13.6 Å². The zero-order chi connectivity index (χ0) is 17.2. The van der Waals surface area contributed by atoms with Crippen molar-refractivity contribution in [1.82, 2.24) is 25.1 Å². The Balaban J connectivity index is 1.42. The molecule has 3 aromatic rings. The maximum Gasteiger partial charge on any atom is 0.293 e. The fourth-order valence-corrected chi connectivity index (χ4v) is 3.39. The minimum absolute atomic E-state index is 0.0344. The quantitative estimate of drug-likeness (QED) is 0.752. The number of aromatic amines is 1. The lowest BCUT2D eigenvalue weighted by atomic mass is 10.0. The molecule has 2 N–H and O–H groups in total. The predicted molar refractivity (Wildman–Crippen MR) is 97.6 cm³/mol. The van der Waals surface area contributed by atoms with Gasteiger partial charge in [-0.3, -0.25) is 9.89 Å². The average molecular weight is 338 g/mol. The van der Waals surface area contributed by atoms with Gasteiger partial charge in [0.25, 0.3) is 5.56 Å². The second kappa shape index (κ2) is 6.68. The van der Waals surface area contributed by atoms with Crippen LogP contribution in [0.5, 0.6) is 0 Å². The maximum atomic E-state index is 12.3. The zero-order valence-corrected chi connectivity index (χ0v) is 14.3. The summed E-state index contributed by atoms with van der Waals surface area (Å²) >= 11 is 0. The molecule has 25 heavy (non-hydrogen) atoms. The highest BCUT2D eigenvalue weighted by atomic mass is 16.1. The van der Waals surface area contributed by atoms with Gasteiger partial charge in [0.2, 0.25) is 0 Å². The van der Waals surface area contributed by atoms with Gasteiger partial charge in [0.05, 0.1) is 11.7 Å². The molecule has 1 atom stereocenters. The minimum Gasteiger partial charge on any atom is -0.350 e. The van der Waals surface area contributed by atoms with Crippen molar-refractivity contribution >= 4 is 16.7 Å². The van der Waals surface area contributed by atoms with E-state index in [2.05, 4.69) is 43.6 Å². The molecule has 0 spiro atoms. The van der Waals surface area contributed by atoms with E-state index in [0.717, 1.165) is 43.4 Å². The summed E-state index contributed by atoms with van der Waals surface area (Å²) in [6.45, 7) is 2.48. The molecule has 0 radical (unpaired) electrons. The highest BCUT2D eigenvalue weighted by molar-refractivity contribution is 5.78. The summed E-state index contributed by atoms with van der Waals surface area (Å²) in [6, 6.07) is 6.68. The smallest absolute Gasteiger partial charge is 0.293 e. The molecule has 3 heterocycles. The number of hydrogen-bond acceptors (Lipinski definition) is 5. The lowest BCUT2D eigenvalue weighted by Gasteiger charge is -2.33. The molecule has 130 valence electrons. The molecule has 4 rings (SSSR count). The summed E-state index contributed by atoms with van der Waals surface area (Å²) in [6.07, 6.45) is 7.37. The van der Waals surface area contributed by atoms with Crippen LogP contribution < -0.4 is 15.8 Å².